The van der Waals surface area contributed by atoms with E-state index in [1.165, 1.54) is 34.2 Å². The van der Waals surface area contributed by atoms with Crippen molar-refractivity contribution in [3.63, 3.8) is 0 Å². The molecule has 2 heterocycles. The number of nitrogens with zero attached hydrogens (tertiary/aromatic N) is 3. The van der Waals surface area contributed by atoms with Crippen LogP contribution in [0.4, 0.5) is 10.8 Å². The molecule has 0 unspecified atom stereocenters. The van der Waals surface area contributed by atoms with Crippen molar-refractivity contribution in [1.82, 2.24) is 15.1 Å². The Hall–Kier alpha value is -1.60. The zero-order valence-electron chi connectivity index (χ0n) is 14.2. The van der Waals surface area contributed by atoms with Crippen molar-refractivity contribution in [3.05, 3.63) is 29.3 Å². The van der Waals surface area contributed by atoms with E-state index in [4.69, 9.17) is 0 Å². The van der Waals surface area contributed by atoms with Crippen LogP contribution in [0.1, 0.15) is 30.9 Å². The van der Waals surface area contributed by atoms with Crippen LogP contribution >= 0.6 is 23.1 Å². The lowest BCUT2D eigenvalue weighted by Crippen LogP contribution is -2.33. The summed E-state index contributed by atoms with van der Waals surface area (Å²) in [5, 5.41) is 12.4. The van der Waals surface area contributed by atoms with Crippen LogP contribution in [0.25, 0.3) is 0 Å². The van der Waals surface area contributed by atoms with Gasteiger partial charge in [-0.05, 0) is 45.2 Å². The number of rotatable bonds is 5. The molecule has 0 saturated carbocycles. The number of thioether (sulfide) groups is 1. The van der Waals surface area contributed by atoms with Crippen LogP contribution in [0.15, 0.2) is 22.5 Å². The SMILES string of the molecule is Cc1ccc(Nc2nnc(S[C@H](C)C(=O)N3CCCC3)s2)c(C)c1. The van der Waals surface area contributed by atoms with Crippen molar-refractivity contribution < 1.29 is 4.79 Å². The summed E-state index contributed by atoms with van der Waals surface area (Å²) in [4.78, 5) is 14.3. The van der Waals surface area contributed by atoms with Gasteiger partial charge >= 0.3 is 0 Å². The number of hydrogen-bond donors (Lipinski definition) is 1. The minimum atomic E-state index is -0.120. The van der Waals surface area contributed by atoms with Gasteiger partial charge in [-0.25, -0.2) is 0 Å². The van der Waals surface area contributed by atoms with E-state index in [2.05, 4.69) is 47.6 Å². The zero-order valence-corrected chi connectivity index (χ0v) is 15.8. The second-order valence-corrected chi connectivity index (χ2v) is 8.67. The highest BCUT2D eigenvalue weighted by Gasteiger charge is 2.25. The molecule has 128 valence electrons. The molecular formula is C17H22N4OS2. The Labute approximate surface area is 150 Å². The maximum absolute atomic E-state index is 12.4. The molecule has 1 saturated heterocycles. The van der Waals surface area contributed by atoms with E-state index in [9.17, 15) is 4.79 Å². The fourth-order valence-corrected chi connectivity index (χ4v) is 4.77. The standard InChI is InChI=1S/C17H22N4OS2/c1-11-6-7-14(12(2)10-11)18-16-19-20-17(24-16)23-13(3)15(22)21-8-4-5-9-21/h6-7,10,13H,4-5,8-9H2,1-3H3,(H,18,19)/t13-/m1/s1. The first-order chi connectivity index (χ1) is 11.5. The van der Waals surface area contributed by atoms with Crippen LogP contribution in [0.5, 0.6) is 0 Å². The molecule has 1 fully saturated rings. The Morgan fingerprint density at radius 1 is 1.29 bits per heavy atom. The summed E-state index contributed by atoms with van der Waals surface area (Å²) in [5.74, 6) is 0.205. The maximum atomic E-state index is 12.4. The summed E-state index contributed by atoms with van der Waals surface area (Å²) in [7, 11) is 0. The molecule has 7 heteroatoms. The molecule has 1 aliphatic rings. The molecule has 0 bridgehead atoms. The van der Waals surface area contributed by atoms with Gasteiger partial charge in [-0.3, -0.25) is 4.79 Å². The van der Waals surface area contributed by atoms with Gasteiger partial charge in [0, 0.05) is 18.8 Å². The maximum Gasteiger partial charge on any atom is 0.235 e. The number of aromatic nitrogens is 2. The number of carbonyl (C=O) groups excluding carboxylic acids is 1. The largest absolute Gasteiger partial charge is 0.342 e. The van der Waals surface area contributed by atoms with Crippen molar-refractivity contribution in [3.8, 4) is 0 Å². The van der Waals surface area contributed by atoms with Gasteiger partial charge in [0.2, 0.25) is 11.0 Å². The third-order valence-electron chi connectivity index (χ3n) is 4.07. The average Bonchev–Trinajstić information content (AvgIpc) is 3.21. The fraction of sp³-hybridized carbons (Fsp3) is 0.471. The van der Waals surface area contributed by atoms with Gasteiger partial charge in [-0.1, -0.05) is 40.8 Å². The Morgan fingerprint density at radius 2 is 2.04 bits per heavy atom. The first-order valence-corrected chi connectivity index (χ1v) is 9.86. The summed E-state index contributed by atoms with van der Waals surface area (Å²) in [6, 6.07) is 6.26. The summed E-state index contributed by atoms with van der Waals surface area (Å²) in [6.45, 7) is 7.88. The lowest BCUT2D eigenvalue weighted by atomic mass is 10.1. The fourth-order valence-electron chi connectivity index (χ4n) is 2.77. The van der Waals surface area contributed by atoms with E-state index in [1.54, 1.807) is 0 Å². The van der Waals surface area contributed by atoms with Crippen LogP contribution in [0.2, 0.25) is 0 Å². The number of amides is 1. The van der Waals surface area contributed by atoms with E-state index in [0.29, 0.717) is 0 Å². The van der Waals surface area contributed by atoms with E-state index in [1.807, 2.05) is 11.8 Å². The molecular weight excluding hydrogens is 340 g/mol. The minimum absolute atomic E-state index is 0.120. The van der Waals surface area contributed by atoms with Crippen molar-refractivity contribution >= 4 is 39.8 Å². The summed E-state index contributed by atoms with van der Waals surface area (Å²) < 4.78 is 0.822. The third kappa shape index (κ3) is 4.08. The van der Waals surface area contributed by atoms with E-state index in [0.717, 1.165) is 41.1 Å². The highest BCUT2D eigenvalue weighted by molar-refractivity contribution is 8.02. The van der Waals surface area contributed by atoms with Crippen molar-refractivity contribution in [1.29, 1.82) is 0 Å². The molecule has 1 aliphatic heterocycles. The van der Waals surface area contributed by atoms with Crippen LogP contribution in [0.3, 0.4) is 0 Å². The Bertz CT molecular complexity index is 725. The van der Waals surface area contributed by atoms with Crippen LogP contribution in [-0.4, -0.2) is 39.3 Å². The molecule has 2 aromatic rings. The number of nitrogens with one attached hydrogen (secondary N) is 1. The lowest BCUT2D eigenvalue weighted by Gasteiger charge is -2.18. The van der Waals surface area contributed by atoms with Gasteiger partial charge in [0.15, 0.2) is 4.34 Å². The normalized spacial score (nSPS) is 15.5. The predicted octanol–water partition coefficient (Wildman–Crippen LogP) is 4.00. The van der Waals surface area contributed by atoms with Gasteiger partial charge in [0.1, 0.15) is 0 Å². The van der Waals surface area contributed by atoms with E-state index in [-0.39, 0.29) is 11.2 Å². The molecule has 0 aliphatic carbocycles. The van der Waals surface area contributed by atoms with Gasteiger partial charge in [0.05, 0.1) is 5.25 Å². The number of aryl methyl sites for hydroxylation is 2. The van der Waals surface area contributed by atoms with Gasteiger partial charge < -0.3 is 10.2 Å². The average molecular weight is 363 g/mol. The molecule has 1 amide bonds. The molecule has 24 heavy (non-hydrogen) atoms. The smallest absolute Gasteiger partial charge is 0.235 e. The van der Waals surface area contributed by atoms with E-state index < -0.39 is 0 Å². The van der Waals surface area contributed by atoms with Crippen LogP contribution in [0, 0.1) is 13.8 Å². The van der Waals surface area contributed by atoms with Gasteiger partial charge in [0.25, 0.3) is 0 Å². The Balaban J connectivity index is 1.61. The molecule has 1 N–H and O–H groups in total. The first kappa shape index (κ1) is 17.2. The Kier molecular flexibility index (Phi) is 5.40. The molecule has 0 spiro atoms. The summed E-state index contributed by atoms with van der Waals surface area (Å²) >= 11 is 2.98. The quantitative estimate of drug-likeness (QED) is 0.815. The molecule has 1 aromatic carbocycles. The van der Waals surface area contributed by atoms with Crippen molar-refractivity contribution in [2.24, 2.45) is 0 Å². The molecule has 5 nitrogen and oxygen atoms in total. The summed E-state index contributed by atoms with van der Waals surface area (Å²) in [6.07, 6.45) is 2.23. The third-order valence-corrected chi connectivity index (χ3v) is 6.08. The van der Waals surface area contributed by atoms with Crippen LogP contribution in [-0.2, 0) is 4.79 Å². The van der Waals surface area contributed by atoms with Crippen molar-refractivity contribution in [2.45, 2.75) is 43.2 Å². The minimum Gasteiger partial charge on any atom is -0.342 e. The second-order valence-electron chi connectivity index (χ2n) is 6.11. The first-order valence-electron chi connectivity index (χ1n) is 8.16. The number of benzene rings is 1. The Morgan fingerprint density at radius 3 is 2.75 bits per heavy atom. The number of anilines is 2. The highest BCUT2D eigenvalue weighted by Crippen LogP contribution is 2.32. The number of hydrogen-bond acceptors (Lipinski definition) is 6. The van der Waals surface area contributed by atoms with Crippen LogP contribution < -0.4 is 5.32 Å². The monoisotopic (exact) mass is 362 g/mol. The molecule has 3 rings (SSSR count). The van der Waals surface area contributed by atoms with Gasteiger partial charge in [-0.2, -0.15) is 0 Å². The topological polar surface area (TPSA) is 58.1 Å². The summed E-state index contributed by atoms with van der Waals surface area (Å²) in [5.41, 5.74) is 3.45. The van der Waals surface area contributed by atoms with Crippen molar-refractivity contribution in [2.75, 3.05) is 18.4 Å². The highest BCUT2D eigenvalue weighted by atomic mass is 32.2. The zero-order chi connectivity index (χ0) is 17.1. The lowest BCUT2D eigenvalue weighted by molar-refractivity contribution is -0.129. The van der Waals surface area contributed by atoms with Gasteiger partial charge in [-0.15, -0.1) is 10.2 Å². The molecule has 0 radical (unpaired) electrons. The van der Waals surface area contributed by atoms with E-state index >= 15 is 0 Å². The molecule has 1 aromatic heterocycles. The number of likely N-dealkylation sites (tertiary alicyclic amines) is 1. The number of carbonyl (C=O) groups is 1. The predicted molar refractivity (Wildman–Crippen MR) is 100 cm³/mol. The second kappa shape index (κ2) is 7.53. The molecule has 1 atom stereocenters.